The van der Waals surface area contributed by atoms with Crippen molar-refractivity contribution in [3.05, 3.63) is 129 Å². The maximum atomic E-state index is 4.93. The molecular weight excluding hydrogens is 839 g/mol. The van der Waals surface area contributed by atoms with Crippen LogP contribution in [-0.4, -0.2) is 9.52 Å². The van der Waals surface area contributed by atoms with Gasteiger partial charge in [-0.15, -0.1) is 69.1 Å². The number of unbranched alkanes of at least 4 members (excludes halogenated alkanes) is 2. The van der Waals surface area contributed by atoms with Crippen LogP contribution in [0.3, 0.4) is 0 Å². The first kappa shape index (κ1) is 50.1. The van der Waals surface area contributed by atoms with Gasteiger partial charge in [0.15, 0.2) is 0 Å². The van der Waals surface area contributed by atoms with Gasteiger partial charge in [-0.05, 0) is 83.7 Å². The Morgan fingerprint density at radius 1 is 0.517 bits per heavy atom. The monoisotopic (exact) mass is 908 g/mol. The summed E-state index contributed by atoms with van der Waals surface area (Å²) >= 11 is -0.826. The van der Waals surface area contributed by atoms with E-state index in [9.17, 15) is 0 Å². The first-order valence-electron chi connectivity index (χ1n) is 21.9. The van der Waals surface area contributed by atoms with Crippen LogP contribution in [-0.2, 0) is 33.7 Å². The molecule has 58 heavy (non-hydrogen) atoms. The number of rotatable bonds is 12. The van der Waals surface area contributed by atoms with Gasteiger partial charge in [-0.3, -0.25) is 0 Å². The molecule has 2 radical (unpaired) electrons. The molecule has 310 valence electrons. The van der Waals surface area contributed by atoms with Crippen LogP contribution in [0.15, 0.2) is 84.9 Å². The summed E-state index contributed by atoms with van der Waals surface area (Å²) in [7, 11) is 11.0. The van der Waals surface area contributed by atoms with E-state index < -0.39 is 20.8 Å². The normalized spacial score (nSPS) is 11.1. The van der Waals surface area contributed by atoms with Crippen molar-refractivity contribution in [2.24, 2.45) is 0 Å². The molecule has 6 rings (SSSR count). The second-order valence-electron chi connectivity index (χ2n) is 17.4. The first-order chi connectivity index (χ1) is 27.6. The molecule has 0 fully saturated rings. The Bertz CT molecular complexity index is 1940. The van der Waals surface area contributed by atoms with Gasteiger partial charge in [-0.2, -0.15) is 12.1 Å². The average Bonchev–Trinajstić information content (AvgIpc) is 3.80. The van der Waals surface area contributed by atoms with E-state index >= 15 is 0 Å². The fourth-order valence-corrected chi connectivity index (χ4v) is 7.70. The van der Waals surface area contributed by atoms with Gasteiger partial charge in [0.25, 0.3) is 0 Å². The Morgan fingerprint density at radius 2 is 0.810 bits per heavy atom. The minimum absolute atomic E-state index is 0.548. The van der Waals surface area contributed by atoms with Gasteiger partial charge in [0, 0.05) is 9.52 Å². The van der Waals surface area contributed by atoms with E-state index in [0.29, 0.717) is 23.7 Å². The van der Waals surface area contributed by atoms with Crippen molar-refractivity contribution >= 4 is 48.1 Å². The summed E-state index contributed by atoms with van der Waals surface area (Å²) in [6, 6.07) is 33.3. The van der Waals surface area contributed by atoms with Gasteiger partial charge in [-0.25, -0.2) is 0 Å². The molecule has 0 atom stereocenters. The molecule has 0 N–H and O–H groups in total. The van der Waals surface area contributed by atoms with Gasteiger partial charge in [-0.1, -0.05) is 167 Å². The van der Waals surface area contributed by atoms with E-state index in [1.54, 1.807) is 0 Å². The molecule has 0 heterocycles. The van der Waals surface area contributed by atoms with Crippen molar-refractivity contribution in [1.82, 2.24) is 0 Å². The van der Waals surface area contributed by atoms with Crippen LogP contribution in [0.4, 0.5) is 0 Å². The van der Waals surface area contributed by atoms with E-state index in [0.717, 1.165) is 9.52 Å². The van der Waals surface area contributed by atoms with Gasteiger partial charge in [0.2, 0.25) is 0 Å². The second kappa shape index (κ2) is 24.9. The summed E-state index contributed by atoms with van der Waals surface area (Å²) in [5, 5.41) is 5.62. The number of hydrogen-bond donors (Lipinski definition) is 0. The average molecular weight is 911 g/mol. The van der Waals surface area contributed by atoms with Crippen LogP contribution < -0.4 is 0 Å². The zero-order valence-electron chi connectivity index (χ0n) is 38.4. The molecule has 0 bridgehead atoms. The van der Waals surface area contributed by atoms with Crippen LogP contribution in [0.2, 0.25) is 13.1 Å². The predicted molar refractivity (Wildman–Crippen MR) is 262 cm³/mol. The van der Waals surface area contributed by atoms with Gasteiger partial charge < -0.3 is 0 Å². The van der Waals surface area contributed by atoms with Crippen molar-refractivity contribution < 1.29 is 20.8 Å². The third kappa shape index (κ3) is 13.9. The van der Waals surface area contributed by atoms with Crippen molar-refractivity contribution in [3.63, 3.8) is 0 Å². The van der Waals surface area contributed by atoms with Crippen LogP contribution >= 0.6 is 17.0 Å². The van der Waals surface area contributed by atoms with E-state index in [2.05, 4.69) is 181 Å². The van der Waals surface area contributed by atoms with Crippen molar-refractivity contribution in [1.29, 1.82) is 0 Å². The molecule has 0 saturated carbocycles. The quantitative estimate of drug-likeness (QED) is 0.0848. The summed E-state index contributed by atoms with van der Waals surface area (Å²) in [6.45, 7) is 31.7. The molecule has 0 amide bonds. The van der Waals surface area contributed by atoms with Crippen LogP contribution in [0.1, 0.15) is 163 Å². The zero-order chi connectivity index (χ0) is 43.1. The van der Waals surface area contributed by atoms with Crippen LogP contribution in [0, 0.1) is 13.8 Å². The van der Waals surface area contributed by atoms with Gasteiger partial charge in [0.05, 0.1) is 0 Å². The second-order valence-corrected chi connectivity index (χ2v) is 22.2. The fraction of sp³-hybridized carbons (Fsp3) is 0.444. The standard InChI is InChI=1S/2C26H33.C2H6Si.2ClH.Zr/c2*1-7-8-9-20-12-21-11-10-19(6)26(25(21)13-20)24-15-22(17(2)3)14-23(16-24)18(4)5;1-3-2;;;/h2*10-18H,7-9H2,1-6H3;1-2H3;2*1H;/q2*-1;;;;+4/p-2. The number of benzene rings is 4. The fourth-order valence-electron chi connectivity index (χ4n) is 7.70. The zero-order valence-corrected chi connectivity index (χ0v) is 43.4. The molecule has 0 aliphatic heterocycles. The molecule has 6 aromatic carbocycles. The van der Waals surface area contributed by atoms with E-state index in [4.69, 9.17) is 17.0 Å². The van der Waals surface area contributed by atoms with Crippen LogP contribution in [0.5, 0.6) is 0 Å². The van der Waals surface area contributed by atoms with E-state index in [1.165, 1.54) is 127 Å². The molecule has 0 aromatic heterocycles. The first-order valence-corrected chi connectivity index (χ1v) is 30.2. The number of hydrogen-bond acceptors (Lipinski definition) is 0. The maximum absolute atomic E-state index is 4.93. The van der Waals surface area contributed by atoms with Crippen molar-refractivity contribution in [2.75, 3.05) is 0 Å². The Balaban J connectivity index is 0.000000273. The number of fused-ring (bicyclic) bond motifs is 2. The van der Waals surface area contributed by atoms with Crippen molar-refractivity contribution in [2.45, 2.75) is 158 Å². The Hall–Kier alpha value is -2.22. The van der Waals surface area contributed by atoms with Gasteiger partial charge in [0.1, 0.15) is 0 Å². The molecule has 0 saturated heterocycles. The molecule has 6 aromatic rings. The molecule has 0 unspecified atom stereocenters. The summed E-state index contributed by atoms with van der Waals surface area (Å²) in [5.74, 6) is 2.19. The summed E-state index contributed by atoms with van der Waals surface area (Å²) in [5.41, 5.74) is 17.1. The third-order valence-corrected chi connectivity index (χ3v) is 11.2. The molecule has 0 spiro atoms. The third-order valence-electron chi connectivity index (χ3n) is 11.2. The summed E-state index contributed by atoms with van der Waals surface area (Å²) in [6.07, 6.45) is 7.42. The Labute approximate surface area is 376 Å². The summed E-state index contributed by atoms with van der Waals surface area (Å²) in [4.78, 5) is 0. The molecule has 0 nitrogen and oxygen atoms in total. The minimum atomic E-state index is -0.826. The molecular formula is C54H72Cl2SiZr. The Kier molecular flexibility index (Phi) is 21.5. The van der Waals surface area contributed by atoms with E-state index in [-0.39, 0.29) is 0 Å². The SMILES string of the molecule is CCCCc1cc2c(-c3cc(C(C)C)cc(C(C)C)c3)c(C)ccc2[cH-]1.CCCCc1cc2c(-c3cc(C(C)C)cc(C(C)C)c3)c(C)ccc2[cH-]1.C[Si]C.[Cl][Zr+2][Cl]. The van der Waals surface area contributed by atoms with Crippen LogP contribution in [0.25, 0.3) is 43.8 Å². The van der Waals surface area contributed by atoms with Crippen molar-refractivity contribution in [3.8, 4) is 22.3 Å². The van der Waals surface area contributed by atoms with E-state index in [1.807, 2.05) is 0 Å². The number of halogens is 2. The number of aryl methyl sites for hydroxylation is 4. The Morgan fingerprint density at radius 3 is 1.07 bits per heavy atom. The summed E-state index contributed by atoms with van der Waals surface area (Å²) < 4.78 is 0. The molecule has 0 aliphatic rings. The predicted octanol–water partition coefficient (Wildman–Crippen LogP) is 18.4. The molecule has 4 heteroatoms. The van der Waals surface area contributed by atoms with Gasteiger partial charge >= 0.3 is 37.9 Å². The topological polar surface area (TPSA) is 0 Å². The molecule has 0 aliphatic carbocycles.